The normalized spacial score (nSPS) is 24.3. The number of fused-ring (bicyclic) bond motifs is 5. The fourth-order valence-corrected chi connectivity index (χ4v) is 8.16. The fourth-order valence-electron chi connectivity index (χ4n) is 7.92. The first-order valence-electron chi connectivity index (χ1n) is 16.8. The molecular formula is C34H31ClF2N8O6. The molecule has 14 nitrogen and oxygen atoms in total. The molecule has 2 N–H and O–H groups in total. The summed E-state index contributed by atoms with van der Waals surface area (Å²) in [6.45, 7) is 4.13. The maximum atomic E-state index is 14.6. The van der Waals surface area contributed by atoms with Gasteiger partial charge < -0.3 is 34.3 Å². The number of rotatable bonds is 5. The third-order valence-corrected chi connectivity index (χ3v) is 11.1. The molecule has 0 bridgehead atoms. The standard InChI is InChI=1S/C34H31ClF2N8O6/c1-14-11-21(32(48)42-17-5-8-22-30(23(17)35)51-34(36,37)50-22)45-26(14)27(29(47)24-31(45)38-12-18(41-24)16-3-4-16)43-9-10-44(20-7-6-19(20)43)33(49)25-28(46)15(2)39-13-40-25/h5,8,12-14,16,19-21,46H,3-4,6-7,9-11H2,1-2H3,(H,42,48)/t14-,19+,20+,21-/m1/s1. The van der Waals surface area contributed by atoms with Crippen molar-refractivity contribution in [2.24, 2.45) is 0 Å². The van der Waals surface area contributed by atoms with Crippen LogP contribution >= 0.6 is 11.6 Å². The molecule has 1 saturated heterocycles. The van der Waals surface area contributed by atoms with E-state index in [9.17, 15) is 28.3 Å². The van der Waals surface area contributed by atoms with Gasteiger partial charge in [0.2, 0.25) is 11.3 Å². The first-order valence-corrected chi connectivity index (χ1v) is 17.2. The molecule has 2 saturated carbocycles. The van der Waals surface area contributed by atoms with Crippen LogP contribution in [0.15, 0.2) is 29.5 Å². The van der Waals surface area contributed by atoms with Crippen LogP contribution in [0.1, 0.15) is 84.5 Å². The van der Waals surface area contributed by atoms with Crippen LogP contribution in [0, 0.1) is 6.92 Å². The minimum absolute atomic E-state index is 0.0542. The van der Waals surface area contributed by atoms with E-state index >= 15 is 0 Å². The lowest BCUT2D eigenvalue weighted by atomic mass is 9.81. The number of halogens is 3. The number of benzene rings is 1. The number of nitrogens with zero attached hydrogens (tertiary/aromatic N) is 7. The van der Waals surface area contributed by atoms with E-state index in [1.165, 1.54) is 18.5 Å². The number of aromatic nitrogens is 5. The zero-order valence-electron chi connectivity index (χ0n) is 27.4. The summed E-state index contributed by atoms with van der Waals surface area (Å²) in [6.07, 6.45) is 2.65. The van der Waals surface area contributed by atoms with Gasteiger partial charge in [-0.2, -0.15) is 0 Å². The molecule has 4 aromatic rings. The Morgan fingerprint density at radius 1 is 1.08 bits per heavy atom. The summed E-state index contributed by atoms with van der Waals surface area (Å²) in [5, 5.41) is 13.1. The zero-order valence-corrected chi connectivity index (χ0v) is 28.2. The van der Waals surface area contributed by atoms with Crippen molar-refractivity contribution in [1.29, 1.82) is 0 Å². The first kappa shape index (κ1) is 31.8. The molecule has 0 radical (unpaired) electrons. The molecule has 17 heteroatoms. The third kappa shape index (κ3) is 4.89. The molecule has 264 valence electrons. The van der Waals surface area contributed by atoms with Crippen molar-refractivity contribution in [2.75, 3.05) is 23.3 Å². The molecule has 2 amide bonds. The Kier molecular flexibility index (Phi) is 6.98. The number of nitrogens with one attached hydrogen (secondary N) is 1. The van der Waals surface area contributed by atoms with E-state index in [0.29, 0.717) is 42.9 Å². The van der Waals surface area contributed by atoms with Gasteiger partial charge in [0.1, 0.15) is 23.1 Å². The van der Waals surface area contributed by atoms with Gasteiger partial charge in [0.25, 0.3) is 5.91 Å². The molecule has 2 aliphatic carbocycles. The number of amides is 2. The molecule has 51 heavy (non-hydrogen) atoms. The van der Waals surface area contributed by atoms with Gasteiger partial charge in [-0.3, -0.25) is 14.4 Å². The number of ether oxygens (including phenoxy) is 2. The Balaban J connectivity index is 1.10. The van der Waals surface area contributed by atoms with E-state index in [1.54, 1.807) is 22.6 Å². The van der Waals surface area contributed by atoms with Crippen LogP contribution < -0.4 is 25.1 Å². The summed E-state index contributed by atoms with van der Waals surface area (Å²) < 4.78 is 38.4. The highest BCUT2D eigenvalue weighted by molar-refractivity contribution is 6.35. The summed E-state index contributed by atoms with van der Waals surface area (Å²) in [5.74, 6) is -1.84. The monoisotopic (exact) mass is 720 g/mol. The predicted molar refractivity (Wildman–Crippen MR) is 178 cm³/mol. The lowest BCUT2D eigenvalue weighted by Crippen LogP contribution is -2.67. The number of piperazine rings is 1. The van der Waals surface area contributed by atoms with Crippen molar-refractivity contribution in [1.82, 2.24) is 29.4 Å². The highest BCUT2D eigenvalue weighted by atomic mass is 35.5. The lowest BCUT2D eigenvalue weighted by molar-refractivity contribution is -0.286. The van der Waals surface area contributed by atoms with Crippen LogP contribution in [0.5, 0.6) is 17.2 Å². The molecule has 0 unspecified atom stereocenters. The van der Waals surface area contributed by atoms with Crippen molar-refractivity contribution >= 4 is 46.0 Å². The van der Waals surface area contributed by atoms with Gasteiger partial charge in [-0.05, 0) is 51.2 Å². The van der Waals surface area contributed by atoms with E-state index in [4.69, 9.17) is 21.6 Å². The second-order valence-corrected chi connectivity index (χ2v) is 14.2. The minimum Gasteiger partial charge on any atom is -0.504 e. The second-order valence-electron chi connectivity index (χ2n) is 13.8. The maximum Gasteiger partial charge on any atom is 0.586 e. The number of carbonyl (C=O) groups is 2. The van der Waals surface area contributed by atoms with E-state index in [0.717, 1.165) is 18.5 Å². The van der Waals surface area contributed by atoms with Crippen molar-refractivity contribution < 1.29 is 33.0 Å². The summed E-state index contributed by atoms with van der Waals surface area (Å²) in [6, 6.07) is 1.31. The van der Waals surface area contributed by atoms with Crippen LogP contribution in [0.25, 0.3) is 11.2 Å². The quantitative estimate of drug-likeness (QED) is 0.295. The van der Waals surface area contributed by atoms with Gasteiger partial charge in [0, 0.05) is 31.0 Å². The number of aryl methyl sites for hydroxylation is 1. The summed E-state index contributed by atoms with van der Waals surface area (Å²) in [4.78, 5) is 63.7. The topological polar surface area (TPSA) is 165 Å². The molecule has 4 atom stereocenters. The Hall–Kier alpha value is -5.12. The molecule has 3 fully saturated rings. The van der Waals surface area contributed by atoms with Gasteiger partial charge in [-0.25, -0.2) is 19.9 Å². The van der Waals surface area contributed by atoms with Crippen LogP contribution in [0.2, 0.25) is 5.02 Å². The second kappa shape index (κ2) is 11.2. The van der Waals surface area contributed by atoms with Crippen molar-refractivity contribution in [3.8, 4) is 17.2 Å². The van der Waals surface area contributed by atoms with Gasteiger partial charge in [-0.1, -0.05) is 18.5 Å². The number of hydrogen-bond acceptors (Lipinski definition) is 11. The molecule has 6 heterocycles. The predicted octanol–water partition coefficient (Wildman–Crippen LogP) is 4.63. The zero-order chi connectivity index (χ0) is 35.5. The lowest BCUT2D eigenvalue weighted by Gasteiger charge is -2.54. The Labute approximate surface area is 293 Å². The van der Waals surface area contributed by atoms with Crippen LogP contribution in [-0.4, -0.2) is 77.8 Å². The highest BCUT2D eigenvalue weighted by Crippen LogP contribution is 2.50. The van der Waals surface area contributed by atoms with Crippen LogP contribution in [0.3, 0.4) is 0 Å². The van der Waals surface area contributed by atoms with Crippen molar-refractivity contribution in [2.45, 2.75) is 82.2 Å². The van der Waals surface area contributed by atoms with E-state index < -0.39 is 24.2 Å². The molecule has 3 aliphatic heterocycles. The molecule has 9 rings (SSSR count). The summed E-state index contributed by atoms with van der Waals surface area (Å²) >= 11 is 6.40. The van der Waals surface area contributed by atoms with Crippen LogP contribution in [0.4, 0.5) is 20.2 Å². The van der Waals surface area contributed by atoms with Gasteiger partial charge >= 0.3 is 6.29 Å². The van der Waals surface area contributed by atoms with Gasteiger partial charge in [-0.15, -0.1) is 8.78 Å². The van der Waals surface area contributed by atoms with Crippen molar-refractivity contribution in [3.05, 3.63) is 62.7 Å². The highest BCUT2D eigenvalue weighted by Gasteiger charge is 2.49. The molecular weight excluding hydrogens is 690 g/mol. The number of alkyl halides is 2. The third-order valence-electron chi connectivity index (χ3n) is 10.7. The Bertz CT molecular complexity index is 2250. The van der Waals surface area contributed by atoms with Crippen LogP contribution in [-0.2, 0) is 4.79 Å². The largest absolute Gasteiger partial charge is 0.586 e. The average molecular weight is 721 g/mol. The number of aromatic hydroxyl groups is 1. The van der Waals surface area contributed by atoms with Gasteiger partial charge in [0.15, 0.2) is 34.1 Å². The number of anilines is 2. The SMILES string of the molecule is Cc1ncnc(C(=O)N2CCN(c3c4n(c5ncc(C6CC6)nc5c3=O)[C@@H](C(=O)Nc3ccc5c(c3Cl)OC(F)(F)O5)C[C@H]4C)[C@H]3CC[C@@H]32)c1O. The van der Waals surface area contributed by atoms with E-state index in [1.807, 2.05) is 11.8 Å². The Morgan fingerprint density at radius 3 is 2.61 bits per heavy atom. The van der Waals surface area contributed by atoms with Gasteiger partial charge in [0.05, 0.1) is 35.0 Å². The minimum atomic E-state index is -3.89. The van der Waals surface area contributed by atoms with E-state index in [2.05, 4.69) is 24.8 Å². The fraction of sp³-hybridized carbons (Fsp3) is 0.441. The van der Waals surface area contributed by atoms with E-state index in [-0.39, 0.29) is 80.7 Å². The number of hydrogen-bond donors (Lipinski definition) is 2. The van der Waals surface area contributed by atoms with Crippen molar-refractivity contribution in [3.63, 3.8) is 0 Å². The molecule has 1 aromatic carbocycles. The summed E-state index contributed by atoms with van der Waals surface area (Å²) in [5.41, 5.74) is 2.23. The first-order chi connectivity index (χ1) is 24.4. The smallest absolute Gasteiger partial charge is 0.504 e. The average Bonchev–Trinajstić information content (AvgIpc) is 3.80. The number of pyridine rings is 1. The summed E-state index contributed by atoms with van der Waals surface area (Å²) in [7, 11) is 0. The molecule has 5 aliphatic rings. The molecule has 0 spiro atoms. The molecule has 3 aromatic heterocycles. The Morgan fingerprint density at radius 2 is 1.86 bits per heavy atom. The maximum absolute atomic E-state index is 14.6. The number of carbonyl (C=O) groups excluding carboxylic acids is 2.